The summed E-state index contributed by atoms with van der Waals surface area (Å²) in [6.45, 7) is 1.99. The average Bonchev–Trinajstić information content (AvgIpc) is 3.41. The number of anilines is 1. The van der Waals surface area contributed by atoms with Crippen LogP contribution in [0.3, 0.4) is 0 Å². The van der Waals surface area contributed by atoms with Crippen LogP contribution in [-0.4, -0.2) is 31.8 Å². The number of sulfonamides is 1. The fourth-order valence-electron chi connectivity index (χ4n) is 3.87. The van der Waals surface area contributed by atoms with Gasteiger partial charge in [0, 0.05) is 24.2 Å². The third-order valence-corrected chi connectivity index (χ3v) is 6.78. The Morgan fingerprint density at radius 1 is 1.00 bits per heavy atom. The van der Waals surface area contributed by atoms with Crippen molar-refractivity contribution in [2.75, 3.05) is 11.4 Å². The summed E-state index contributed by atoms with van der Waals surface area (Å²) in [5.41, 5.74) is 1.94. The third-order valence-electron chi connectivity index (χ3n) is 5.80. The lowest BCUT2D eigenvalue weighted by Gasteiger charge is -2.25. The molecule has 1 N–H and O–H groups in total. The number of nitrogens with zero attached hydrogens (tertiary/aromatic N) is 2. The summed E-state index contributed by atoms with van der Waals surface area (Å²) in [5, 5.41) is 0.874. The van der Waals surface area contributed by atoms with Gasteiger partial charge in [-0.05, 0) is 55.0 Å². The molecule has 200 valence electrons. The van der Waals surface area contributed by atoms with E-state index in [1.807, 2.05) is 4.72 Å². The Kier molecular flexibility index (Phi) is 8.67. The van der Waals surface area contributed by atoms with Crippen molar-refractivity contribution in [1.82, 2.24) is 9.71 Å². The lowest BCUT2D eigenvalue weighted by Crippen LogP contribution is -2.46. The van der Waals surface area contributed by atoms with E-state index in [0.29, 0.717) is 16.8 Å². The van der Waals surface area contributed by atoms with Crippen molar-refractivity contribution in [2.24, 2.45) is 5.92 Å². The lowest BCUT2D eigenvalue weighted by molar-refractivity contribution is -0.132. The van der Waals surface area contributed by atoms with Gasteiger partial charge in [-0.1, -0.05) is 48.5 Å². The molecule has 1 atom stereocenters. The van der Waals surface area contributed by atoms with Gasteiger partial charge in [0.1, 0.15) is 18.0 Å². The summed E-state index contributed by atoms with van der Waals surface area (Å²) in [6.07, 6.45) is 2.41. The fourth-order valence-corrected chi connectivity index (χ4v) is 4.69. The highest BCUT2D eigenvalue weighted by atomic mass is 32.2. The minimum atomic E-state index is -4.22. The number of carbonyl (C=O) groups excluding carboxylic acids is 2. The first-order chi connectivity index (χ1) is 18.8. The third kappa shape index (κ3) is 7.26. The highest BCUT2D eigenvalue weighted by Crippen LogP contribution is 2.23. The molecule has 1 heterocycles. The van der Waals surface area contributed by atoms with Gasteiger partial charge in [-0.15, -0.1) is 0 Å². The van der Waals surface area contributed by atoms with Gasteiger partial charge in [-0.3, -0.25) is 9.59 Å². The van der Waals surface area contributed by atoms with E-state index in [1.54, 1.807) is 67.6 Å². The molecule has 4 aromatic rings. The van der Waals surface area contributed by atoms with Crippen molar-refractivity contribution >= 4 is 33.6 Å². The maximum Gasteiger partial charge on any atom is 0.257 e. The number of para-hydroxylation sites is 1. The Morgan fingerprint density at radius 2 is 1.64 bits per heavy atom. The standard InChI is InChI=1S/C29H26FN3O5S/c1-2-33(25-11-7-4-8-12-25)29(35)26(19-24-20-38-28(31-24)22-13-15-23(30)16-14-22)27(34)32-39(36,37)18-17-21-9-5-3-6-10-21/h3-18,20,26H,2,19H2,1H3,(H,32,34). The van der Waals surface area contributed by atoms with Crippen LogP contribution in [0.25, 0.3) is 17.5 Å². The molecule has 0 aliphatic rings. The molecular formula is C29H26FN3O5S. The second-order valence-corrected chi connectivity index (χ2v) is 10.1. The summed E-state index contributed by atoms with van der Waals surface area (Å²) in [7, 11) is -4.22. The maximum absolute atomic E-state index is 13.7. The molecule has 0 saturated carbocycles. The van der Waals surface area contributed by atoms with Gasteiger partial charge in [0.2, 0.25) is 17.7 Å². The van der Waals surface area contributed by atoms with Crippen LogP contribution >= 0.6 is 0 Å². The summed E-state index contributed by atoms with van der Waals surface area (Å²) in [4.78, 5) is 32.7. The molecule has 1 aromatic heterocycles. The molecule has 1 unspecified atom stereocenters. The quantitative estimate of drug-likeness (QED) is 0.286. The second kappa shape index (κ2) is 12.3. The predicted molar refractivity (Wildman–Crippen MR) is 146 cm³/mol. The van der Waals surface area contributed by atoms with Crippen LogP contribution in [0, 0.1) is 11.7 Å². The van der Waals surface area contributed by atoms with Crippen molar-refractivity contribution in [3.63, 3.8) is 0 Å². The number of aromatic nitrogens is 1. The highest BCUT2D eigenvalue weighted by molar-refractivity contribution is 7.93. The maximum atomic E-state index is 13.7. The second-order valence-electron chi connectivity index (χ2n) is 8.55. The zero-order chi connectivity index (χ0) is 27.8. The van der Waals surface area contributed by atoms with Crippen LogP contribution < -0.4 is 9.62 Å². The SMILES string of the molecule is CCN(C(=O)C(Cc1coc(-c2ccc(F)cc2)n1)C(=O)NS(=O)(=O)C=Cc1ccccc1)c1ccccc1. The zero-order valence-electron chi connectivity index (χ0n) is 21.0. The Hall–Kier alpha value is -4.57. The van der Waals surface area contributed by atoms with Gasteiger partial charge in [-0.2, -0.15) is 0 Å². The average molecular weight is 548 g/mol. The molecule has 3 aromatic carbocycles. The predicted octanol–water partition coefficient (Wildman–Crippen LogP) is 4.81. The number of oxazole rings is 1. The number of rotatable bonds is 10. The van der Waals surface area contributed by atoms with E-state index in [1.165, 1.54) is 41.5 Å². The topological polar surface area (TPSA) is 110 Å². The van der Waals surface area contributed by atoms with Gasteiger partial charge in [0.15, 0.2) is 0 Å². The molecule has 0 saturated heterocycles. The first-order valence-corrected chi connectivity index (χ1v) is 13.7. The van der Waals surface area contributed by atoms with E-state index in [9.17, 15) is 22.4 Å². The van der Waals surface area contributed by atoms with Crippen molar-refractivity contribution < 1.29 is 26.8 Å². The summed E-state index contributed by atoms with van der Waals surface area (Å²) in [5.74, 6) is -3.29. The Bertz CT molecular complexity index is 1550. The van der Waals surface area contributed by atoms with Gasteiger partial charge >= 0.3 is 0 Å². The zero-order valence-corrected chi connectivity index (χ0v) is 21.8. The van der Waals surface area contributed by atoms with Crippen LogP contribution in [0.5, 0.6) is 0 Å². The smallest absolute Gasteiger partial charge is 0.257 e. The van der Waals surface area contributed by atoms with E-state index in [0.717, 1.165) is 5.41 Å². The van der Waals surface area contributed by atoms with Crippen molar-refractivity contribution in [2.45, 2.75) is 13.3 Å². The molecule has 10 heteroatoms. The largest absolute Gasteiger partial charge is 0.444 e. The molecule has 0 aliphatic heterocycles. The molecule has 4 rings (SSSR count). The summed E-state index contributed by atoms with van der Waals surface area (Å²) in [6, 6.07) is 22.9. The van der Waals surface area contributed by atoms with Crippen molar-refractivity contribution in [3.8, 4) is 11.5 Å². The number of amides is 2. The molecule has 0 spiro atoms. The number of nitrogens with one attached hydrogen (secondary N) is 1. The number of hydrogen-bond acceptors (Lipinski definition) is 6. The monoisotopic (exact) mass is 547 g/mol. The number of halogens is 1. The summed E-state index contributed by atoms with van der Waals surface area (Å²) >= 11 is 0. The van der Waals surface area contributed by atoms with Gasteiger partial charge < -0.3 is 9.32 Å². The van der Waals surface area contributed by atoms with Gasteiger partial charge in [-0.25, -0.2) is 22.5 Å². The Balaban J connectivity index is 1.61. The van der Waals surface area contributed by atoms with Gasteiger partial charge in [0.25, 0.3) is 10.0 Å². The minimum Gasteiger partial charge on any atom is -0.444 e. The highest BCUT2D eigenvalue weighted by Gasteiger charge is 2.34. The van der Waals surface area contributed by atoms with Crippen LogP contribution in [0.2, 0.25) is 0 Å². The number of benzene rings is 3. The molecule has 2 amide bonds. The van der Waals surface area contributed by atoms with E-state index < -0.39 is 33.6 Å². The van der Waals surface area contributed by atoms with E-state index in [4.69, 9.17) is 4.42 Å². The molecule has 0 fully saturated rings. The van der Waals surface area contributed by atoms with Crippen molar-refractivity contribution in [1.29, 1.82) is 0 Å². The van der Waals surface area contributed by atoms with Gasteiger partial charge in [0.05, 0.1) is 11.1 Å². The van der Waals surface area contributed by atoms with Crippen LogP contribution in [-0.2, 0) is 26.0 Å². The molecule has 0 bridgehead atoms. The fraction of sp³-hybridized carbons (Fsp3) is 0.138. The van der Waals surface area contributed by atoms with Crippen LogP contribution in [0.4, 0.5) is 10.1 Å². The minimum absolute atomic E-state index is 0.172. The van der Waals surface area contributed by atoms with Crippen molar-refractivity contribution in [3.05, 3.63) is 114 Å². The number of hydrogen-bond donors (Lipinski definition) is 1. The number of carbonyl (C=O) groups is 2. The summed E-state index contributed by atoms with van der Waals surface area (Å²) < 4.78 is 46.2. The van der Waals surface area contributed by atoms with E-state index >= 15 is 0 Å². The molecule has 8 nitrogen and oxygen atoms in total. The van der Waals surface area contributed by atoms with E-state index in [-0.39, 0.29) is 24.6 Å². The molecule has 0 radical (unpaired) electrons. The first kappa shape index (κ1) is 27.5. The lowest BCUT2D eigenvalue weighted by atomic mass is 10.0. The van der Waals surface area contributed by atoms with Crippen LogP contribution in [0.15, 0.2) is 101 Å². The normalized spacial score (nSPS) is 12.3. The Morgan fingerprint density at radius 3 is 2.28 bits per heavy atom. The molecule has 39 heavy (non-hydrogen) atoms. The first-order valence-electron chi connectivity index (χ1n) is 12.1. The molecule has 0 aliphatic carbocycles. The van der Waals surface area contributed by atoms with E-state index in [2.05, 4.69) is 4.98 Å². The van der Waals surface area contributed by atoms with Crippen LogP contribution in [0.1, 0.15) is 18.2 Å². The Labute approximate surface area is 225 Å². The molecular weight excluding hydrogens is 521 g/mol.